The van der Waals surface area contributed by atoms with E-state index in [1.807, 2.05) is 13.8 Å². The van der Waals surface area contributed by atoms with Crippen molar-refractivity contribution >= 4 is 44.8 Å². The Hall–Kier alpha value is -0.0400. The van der Waals surface area contributed by atoms with Crippen LogP contribution in [0.1, 0.15) is 13.8 Å². The Bertz CT molecular complexity index is 611. The largest absolute Gasteiger partial charge is 0.373 e. The smallest absolute Gasteiger partial charge is 0.244 e. The molecule has 4 nitrogen and oxygen atoms in total. The van der Waals surface area contributed by atoms with Crippen LogP contribution < -0.4 is 0 Å². The number of hydrogen-bond donors (Lipinski definition) is 0. The second-order valence-electron chi connectivity index (χ2n) is 4.78. The Labute approximate surface area is 133 Å². The second-order valence-corrected chi connectivity index (χ2v) is 7.90. The van der Waals surface area contributed by atoms with Crippen LogP contribution in [0.15, 0.2) is 17.0 Å². The van der Waals surface area contributed by atoms with Gasteiger partial charge in [-0.15, -0.1) is 0 Å². The average molecular weight is 359 g/mol. The fourth-order valence-electron chi connectivity index (χ4n) is 2.17. The number of morpholine rings is 1. The van der Waals surface area contributed by atoms with Crippen LogP contribution in [0, 0.1) is 0 Å². The summed E-state index contributed by atoms with van der Waals surface area (Å²) in [6.45, 7) is 4.22. The molecule has 1 aromatic rings. The predicted molar refractivity (Wildman–Crippen MR) is 80.2 cm³/mol. The molecule has 20 heavy (non-hydrogen) atoms. The first-order valence-electron chi connectivity index (χ1n) is 6.02. The number of halogens is 3. The highest BCUT2D eigenvalue weighted by atomic mass is 35.5. The maximum atomic E-state index is 12.6. The Kier molecular flexibility index (Phi) is 4.89. The molecule has 112 valence electrons. The molecule has 1 fully saturated rings. The monoisotopic (exact) mass is 357 g/mol. The summed E-state index contributed by atoms with van der Waals surface area (Å²) in [4.78, 5) is -0.0325. The number of sulfonamides is 1. The molecule has 8 heteroatoms. The topological polar surface area (TPSA) is 46.6 Å². The predicted octanol–water partition coefficient (Wildman–Crippen LogP) is 3.44. The third kappa shape index (κ3) is 3.24. The van der Waals surface area contributed by atoms with Gasteiger partial charge in [-0.1, -0.05) is 34.8 Å². The molecule has 0 bridgehead atoms. The first-order valence-corrected chi connectivity index (χ1v) is 8.59. The van der Waals surface area contributed by atoms with E-state index in [0.29, 0.717) is 0 Å². The van der Waals surface area contributed by atoms with E-state index < -0.39 is 10.0 Å². The van der Waals surface area contributed by atoms with Gasteiger partial charge in [0.1, 0.15) is 4.90 Å². The van der Waals surface area contributed by atoms with Crippen molar-refractivity contribution in [3.8, 4) is 0 Å². The van der Waals surface area contributed by atoms with Crippen molar-refractivity contribution in [1.29, 1.82) is 0 Å². The summed E-state index contributed by atoms with van der Waals surface area (Å²) in [5, 5.41) is 0.439. The summed E-state index contributed by atoms with van der Waals surface area (Å²) in [6.07, 6.45) is -0.342. The molecule has 1 aliphatic rings. The van der Waals surface area contributed by atoms with E-state index in [2.05, 4.69) is 0 Å². The highest BCUT2D eigenvalue weighted by molar-refractivity contribution is 7.89. The fraction of sp³-hybridized carbons (Fsp3) is 0.500. The van der Waals surface area contributed by atoms with Gasteiger partial charge in [-0.05, 0) is 26.0 Å². The quantitative estimate of drug-likeness (QED) is 0.761. The van der Waals surface area contributed by atoms with Gasteiger partial charge >= 0.3 is 0 Å². The van der Waals surface area contributed by atoms with Crippen molar-refractivity contribution in [2.24, 2.45) is 0 Å². The third-order valence-corrected chi connectivity index (χ3v) is 6.00. The minimum absolute atomic E-state index is 0.0325. The van der Waals surface area contributed by atoms with Crippen molar-refractivity contribution in [3.05, 3.63) is 27.2 Å². The highest BCUT2D eigenvalue weighted by Crippen LogP contribution is 2.33. The van der Waals surface area contributed by atoms with Gasteiger partial charge in [0.05, 0.1) is 27.3 Å². The molecule has 0 aliphatic carbocycles. The zero-order valence-corrected chi connectivity index (χ0v) is 14.0. The molecular weight excluding hydrogens is 345 g/mol. The maximum absolute atomic E-state index is 12.6. The van der Waals surface area contributed by atoms with Crippen LogP contribution in [0.25, 0.3) is 0 Å². The van der Waals surface area contributed by atoms with Crippen LogP contribution in [0.3, 0.4) is 0 Å². The number of hydrogen-bond acceptors (Lipinski definition) is 3. The number of rotatable bonds is 2. The van der Waals surface area contributed by atoms with Crippen LogP contribution in [-0.4, -0.2) is 38.0 Å². The van der Waals surface area contributed by atoms with Crippen LogP contribution in [0.4, 0.5) is 0 Å². The molecule has 0 aromatic heterocycles. The molecule has 2 rings (SSSR count). The van der Waals surface area contributed by atoms with Gasteiger partial charge in [0.2, 0.25) is 10.0 Å². The van der Waals surface area contributed by atoms with E-state index in [4.69, 9.17) is 39.5 Å². The fourth-order valence-corrected chi connectivity index (χ4v) is 4.73. The van der Waals surface area contributed by atoms with E-state index in [9.17, 15) is 8.42 Å². The maximum Gasteiger partial charge on any atom is 0.244 e. The molecule has 1 aliphatic heterocycles. The summed E-state index contributed by atoms with van der Waals surface area (Å²) in [5.41, 5.74) is 0. The molecule has 2 atom stereocenters. The van der Waals surface area contributed by atoms with E-state index >= 15 is 0 Å². The standard InChI is InChI=1S/C12H14Cl3NO3S/c1-7-5-16(6-8(2)19-7)20(17,18)12-4-10(14)9(13)3-11(12)15/h3-4,7-8H,5-6H2,1-2H3. The molecule has 1 aromatic carbocycles. The normalized spacial score (nSPS) is 24.9. The second kappa shape index (κ2) is 5.99. The highest BCUT2D eigenvalue weighted by Gasteiger charge is 2.33. The van der Waals surface area contributed by atoms with E-state index in [1.165, 1.54) is 16.4 Å². The Morgan fingerprint density at radius 2 is 1.55 bits per heavy atom. The van der Waals surface area contributed by atoms with Crippen molar-refractivity contribution in [3.63, 3.8) is 0 Å². The van der Waals surface area contributed by atoms with Crippen molar-refractivity contribution in [1.82, 2.24) is 4.31 Å². The van der Waals surface area contributed by atoms with Crippen LogP contribution in [-0.2, 0) is 14.8 Å². The SMILES string of the molecule is CC1CN(S(=O)(=O)c2cc(Cl)c(Cl)cc2Cl)CC(C)O1. The number of ether oxygens (including phenoxy) is 1. The van der Waals surface area contributed by atoms with Gasteiger partial charge in [0.15, 0.2) is 0 Å². The Morgan fingerprint density at radius 1 is 1.05 bits per heavy atom. The number of benzene rings is 1. The Balaban J connectivity index is 2.42. The lowest BCUT2D eigenvalue weighted by Gasteiger charge is -2.34. The molecule has 0 radical (unpaired) electrons. The lowest BCUT2D eigenvalue weighted by atomic mass is 10.3. The summed E-state index contributed by atoms with van der Waals surface area (Å²) >= 11 is 17.7. The van der Waals surface area contributed by atoms with E-state index in [1.54, 1.807) is 0 Å². The van der Waals surface area contributed by atoms with Crippen molar-refractivity contribution in [2.75, 3.05) is 13.1 Å². The summed E-state index contributed by atoms with van der Waals surface area (Å²) < 4.78 is 32.2. The van der Waals surface area contributed by atoms with Gasteiger partial charge in [-0.3, -0.25) is 0 Å². The van der Waals surface area contributed by atoms with E-state index in [-0.39, 0.29) is 45.3 Å². The third-order valence-electron chi connectivity index (χ3n) is 2.98. The molecule has 1 heterocycles. The molecular formula is C12H14Cl3NO3S. The molecule has 0 spiro atoms. The molecule has 0 amide bonds. The molecule has 0 N–H and O–H groups in total. The summed E-state index contributed by atoms with van der Waals surface area (Å²) in [5.74, 6) is 0. The molecule has 1 saturated heterocycles. The zero-order valence-electron chi connectivity index (χ0n) is 10.9. The van der Waals surface area contributed by atoms with Crippen molar-refractivity contribution < 1.29 is 13.2 Å². The van der Waals surface area contributed by atoms with Crippen LogP contribution >= 0.6 is 34.8 Å². The summed E-state index contributed by atoms with van der Waals surface area (Å²) in [6, 6.07) is 2.62. The zero-order chi connectivity index (χ0) is 15.1. The minimum Gasteiger partial charge on any atom is -0.373 e. The van der Waals surface area contributed by atoms with Crippen LogP contribution in [0.2, 0.25) is 15.1 Å². The van der Waals surface area contributed by atoms with Crippen LogP contribution in [0.5, 0.6) is 0 Å². The first-order chi connectivity index (χ1) is 9.21. The van der Waals surface area contributed by atoms with E-state index in [0.717, 1.165) is 0 Å². The lowest BCUT2D eigenvalue weighted by molar-refractivity contribution is -0.0440. The van der Waals surface area contributed by atoms with Gasteiger partial charge in [-0.2, -0.15) is 4.31 Å². The summed E-state index contributed by atoms with van der Waals surface area (Å²) in [7, 11) is -3.72. The Morgan fingerprint density at radius 3 is 2.10 bits per heavy atom. The minimum atomic E-state index is -3.72. The lowest BCUT2D eigenvalue weighted by Crippen LogP contribution is -2.48. The van der Waals surface area contributed by atoms with Gasteiger partial charge < -0.3 is 4.74 Å². The van der Waals surface area contributed by atoms with Gasteiger partial charge in [-0.25, -0.2) is 8.42 Å². The van der Waals surface area contributed by atoms with Crippen molar-refractivity contribution in [2.45, 2.75) is 31.0 Å². The van der Waals surface area contributed by atoms with Gasteiger partial charge in [0.25, 0.3) is 0 Å². The molecule has 2 unspecified atom stereocenters. The first kappa shape index (κ1) is 16.3. The molecule has 0 saturated carbocycles. The average Bonchev–Trinajstić information content (AvgIpc) is 2.32. The number of nitrogens with zero attached hydrogens (tertiary/aromatic N) is 1. The van der Waals surface area contributed by atoms with Gasteiger partial charge in [0, 0.05) is 13.1 Å².